The molecule has 1 saturated heterocycles. The Morgan fingerprint density at radius 1 is 1.36 bits per heavy atom. The van der Waals surface area contributed by atoms with E-state index in [0.29, 0.717) is 42.0 Å². The Morgan fingerprint density at radius 3 is 2.84 bits per heavy atom. The summed E-state index contributed by atoms with van der Waals surface area (Å²) in [6.45, 7) is 7.03. The first-order valence-corrected chi connectivity index (χ1v) is 11.2. The summed E-state index contributed by atoms with van der Waals surface area (Å²) in [5, 5.41) is 6.16. The molecule has 1 amide bonds. The number of carbonyl (C=O) groups is 1. The van der Waals surface area contributed by atoms with Crippen molar-refractivity contribution in [1.82, 2.24) is 15.4 Å². The van der Waals surface area contributed by atoms with Gasteiger partial charge in [-0.1, -0.05) is 13.8 Å². The van der Waals surface area contributed by atoms with E-state index >= 15 is 0 Å². The van der Waals surface area contributed by atoms with Gasteiger partial charge in [0.1, 0.15) is 4.21 Å². The Morgan fingerprint density at radius 2 is 2.16 bits per heavy atom. The van der Waals surface area contributed by atoms with Crippen molar-refractivity contribution >= 4 is 27.3 Å². The van der Waals surface area contributed by atoms with Crippen molar-refractivity contribution < 1.29 is 13.2 Å². The Bertz CT molecular complexity index is 650. The van der Waals surface area contributed by atoms with E-state index in [0.717, 1.165) is 30.8 Å². The van der Waals surface area contributed by atoms with E-state index in [1.807, 2.05) is 19.9 Å². The number of amides is 1. The van der Waals surface area contributed by atoms with Crippen LogP contribution in [0.2, 0.25) is 0 Å². The van der Waals surface area contributed by atoms with E-state index in [9.17, 15) is 13.2 Å². The molecule has 0 saturated carbocycles. The van der Waals surface area contributed by atoms with Gasteiger partial charge in [0.15, 0.2) is 0 Å². The summed E-state index contributed by atoms with van der Waals surface area (Å²) in [7, 11) is -3.43. The van der Waals surface area contributed by atoms with Crippen molar-refractivity contribution in [2.75, 3.05) is 26.2 Å². The largest absolute Gasteiger partial charge is 0.356 e. The second-order valence-electron chi connectivity index (χ2n) is 6.96. The topological polar surface area (TPSA) is 87.3 Å². The Balaban J connectivity index is 1.75. The van der Waals surface area contributed by atoms with Crippen LogP contribution in [0.5, 0.6) is 0 Å². The first-order valence-electron chi connectivity index (χ1n) is 8.92. The van der Waals surface area contributed by atoms with Crippen LogP contribution in [0.3, 0.4) is 0 Å². The maximum atomic E-state index is 12.3. The molecule has 25 heavy (non-hydrogen) atoms. The van der Waals surface area contributed by atoms with E-state index in [1.165, 1.54) is 11.3 Å². The summed E-state index contributed by atoms with van der Waals surface area (Å²) in [5.41, 5.74) is 0. The molecule has 2 rings (SSSR count). The van der Waals surface area contributed by atoms with E-state index in [4.69, 9.17) is 0 Å². The Labute approximate surface area is 154 Å². The zero-order valence-corrected chi connectivity index (χ0v) is 16.6. The van der Waals surface area contributed by atoms with E-state index in [-0.39, 0.29) is 5.91 Å². The van der Waals surface area contributed by atoms with Gasteiger partial charge in [0.25, 0.3) is 0 Å². The van der Waals surface area contributed by atoms with Gasteiger partial charge in [-0.2, -0.15) is 0 Å². The molecule has 8 heteroatoms. The van der Waals surface area contributed by atoms with Crippen LogP contribution in [0.4, 0.5) is 0 Å². The second kappa shape index (κ2) is 9.66. The third kappa shape index (κ3) is 7.05. The average molecular weight is 388 g/mol. The lowest BCUT2D eigenvalue weighted by atomic mass is 10.1. The van der Waals surface area contributed by atoms with Gasteiger partial charge in [0.05, 0.1) is 0 Å². The molecule has 2 heterocycles. The van der Waals surface area contributed by atoms with Crippen molar-refractivity contribution in [3.05, 3.63) is 17.0 Å². The van der Waals surface area contributed by atoms with Crippen molar-refractivity contribution in [2.24, 2.45) is 11.8 Å². The zero-order valence-electron chi connectivity index (χ0n) is 15.0. The monoisotopic (exact) mass is 387 g/mol. The van der Waals surface area contributed by atoms with Gasteiger partial charge >= 0.3 is 0 Å². The molecule has 142 valence electrons. The van der Waals surface area contributed by atoms with Crippen molar-refractivity contribution in [1.29, 1.82) is 0 Å². The van der Waals surface area contributed by atoms with Crippen LogP contribution in [0.1, 0.15) is 38.0 Å². The zero-order chi connectivity index (χ0) is 18.3. The summed E-state index contributed by atoms with van der Waals surface area (Å²) in [5.74, 6) is 0.947. The molecule has 1 atom stereocenters. The van der Waals surface area contributed by atoms with Crippen molar-refractivity contribution in [3.8, 4) is 0 Å². The summed E-state index contributed by atoms with van der Waals surface area (Å²) in [6, 6.07) is 3.48. The maximum absolute atomic E-state index is 12.3. The van der Waals surface area contributed by atoms with E-state index in [1.54, 1.807) is 6.07 Å². The van der Waals surface area contributed by atoms with Gasteiger partial charge in [-0.3, -0.25) is 4.79 Å². The van der Waals surface area contributed by atoms with Gasteiger partial charge in [0, 0.05) is 24.4 Å². The number of nitrogens with one attached hydrogen (secondary N) is 3. The minimum Gasteiger partial charge on any atom is -0.356 e. The van der Waals surface area contributed by atoms with Crippen LogP contribution in [0.25, 0.3) is 0 Å². The standard InChI is InChI=1S/C17H29N3O3S2/c1-13(2)11-16(21)19-9-7-15-3-4-17(24-15)25(22,23)20-10-6-14-5-8-18-12-14/h3-4,13-14,18,20H,5-12H2,1-2H3,(H,19,21). The lowest BCUT2D eigenvalue weighted by molar-refractivity contribution is -0.121. The molecule has 0 spiro atoms. The van der Waals surface area contributed by atoms with E-state index < -0.39 is 10.0 Å². The molecule has 1 fully saturated rings. The molecule has 1 aliphatic rings. The lowest BCUT2D eigenvalue weighted by Crippen LogP contribution is -2.26. The molecule has 0 aliphatic carbocycles. The van der Waals surface area contributed by atoms with Gasteiger partial charge in [-0.05, 0) is 56.3 Å². The third-order valence-corrected chi connectivity index (χ3v) is 7.29. The summed E-state index contributed by atoms with van der Waals surface area (Å²) in [4.78, 5) is 12.6. The summed E-state index contributed by atoms with van der Waals surface area (Å²) >= 11 is 1.27. The highest BCUT2D eigenvalue weighted by atomic mass is 32.2. The summed E-state index contributed by atoms with van der Waals surface area (Å²) in [6.07, 6.45) is 3.15. The lowest BCUT2D eigenvalue weighted by Gasteiger charge is -2.09. The molecule has 1 unspecified atom stereocenters. The van der Waals surface area contributed by atoms with Crippen LogP contribution >= 0.6 is 11.3 Å². The fourth-order valence-electron chi connectivity index (χ4n) is 2.83. The molecular weight excluding hydrogens is 358 g/mol. The normalized spacial score (nSPS) is 18.0. The van der Waals surface area contributed by atoms with Crippen LogP contribution in [0, 0.1) is 11.8 Å². The highest BCUT2D eigenvalue weighted by Crippen LogP contribution is 2.22. The second-order valence-corrected chi connectivity index (χ2v) is 10.1. The van der Waals surface area contributed by atoms with Crippen LogP contribution in [-0.4, -0.2) is 40.5 Å². The Kier molecular flexibility index (Phi) is 7.86. The molecular formula is C17H29N3O3S2. The predicted octanol–water partition coefficient (Wildman–Crippen LogP) is 1.73. The number of sulfonamides is 1. The molecule has 0 radical (unpaired) electrons. The molecule has 1 aliphatic heterocycles. The highest BCUT2D eigenvalue weighted by Gasteiger charge is 2.19. The van der Waals surface area contributed by atoms with Crippen LogP contribution in [-0.2, 0) is 21.2 Å². The number of rotatable bonds is 10. The fraction of sp³-hybridized carbons (Fsp3) is 0.706. The van der Waals surface area contributed by atoms with Crippen LogP contribution in [0.15, 0.2) is 16.3 Å². The molecule has 3 N–H and O–H groups in total. The Hall–Kier alpha value is -0.960. The number of hydrogen-bond donors (Lipinski definition) is 3. The fourth-order valence-corrected chi connectivity index (χ4v) is 5.28. The van der Waals surface area contributed by atoms with Crippen LogP contribution < -0.4 is 15.4 Å². The van der Waals surface area contributed by atoms with Crippen molar-refractivity contribution in [2.45, 2.75) is 43.7 Å². The first-order chi connectivity index (χ1) is 11.9. The van der Waals surface area contributed by atoms with Gasteiger partial charge in [-0.25, -0.2) is 13.1 Å². The average Bonchev–Trinajstić information content (AvgIpc) is 3.18. The van der Waals surface area contributed by atoms with E-state index in [2.05, 4.69) is 15.4 Å². The quantitative estimate of drug-likeness (QED) is 0.571. The SMILES string of the molecule is CC(C)CC(=O)NCCc1ccc(S(=O)(=O)NCCC2CCNC2)s1. The molecule has 0 aromatic carbocycles. The van der Waals surface area contributed by atoms with Crippen molar-refractivity contribution in [3.63, 3.8) is 0 Å². The third-order valence-electron chi connectivity index (χ3n) is 4.20. The van der Waals surface area contributed by atoms with Gasteiger partial charge in [0.2, 0.25) is 15.9 Å². The first kappa shape index (κ1) is 20.4. The highest BCUT2D eigenvalue weighted by molar-refractivity contribution is 7.91. The molecule has 0 bridgehead atoms. The minimum atomic E-state index is -3.43. The maximum Gasteiger partial charge on any atom is 0.250 e. The number of hydrogen-bond acceptors (Lipinski definition) is 5. The van der Waals surface area contributed by atoms with Gasteiger partial charge < -0.3 is 10.6 Å². The molecule has 6 nitrogen and oxygen atoms in total. The minimum absolute atomic E-state index is 0.0440. The molecule has 1 aromatic rings. The smallest absolute Gasteiger partial charge is 0.250 e. The number of carbonyl (C=O) groups excluding carboxylic acids is 1. The number of thiophene rings is 1. The van der Waals surface area contributed by atoms with Gasteiger partial charge in [-0.15, -0.1) is 11.3 Å². The summed E-state index contributed by atoms with van der Waals surface area (Å²) < 4.78 is 27.7. The molecule has 1 aromatic heterocycles. The predicted molar refractivity (Wildman–Crippen MR) is 101 cm³/mol.